The molecule has 0 saturated carbocycles. The maximum absolute atomic E-state index is 13.2. The standard InChI is InChI=1S/C20H27FN4O2S.HI/c1-15(2)12-23-20(22-3)24-13-17-7-5-9-19(11-17)28(26,27)25-14-16-6-4-8-18(21)10-16;/h4-11,15,25H,12-14H2,1-3H3,(H2,22,23,24);1H. The van der Waals surface area contributed by atoms with E-state index in [0.717, 1.165) is 12.1 Å². The molecule has 2 rings (SSSR count). The van der Waals surface area contributed by atoms with E-state index in [0.29, 0.717) is 24.0 Å². The SMILES string of the molecule is CN=C(NCc1cccc(S(=O)(=O)NCc2cccc(F)c2)c1)NCC(C)C.I. The van der Waals surface area contributed by atoms with Gasteiger partial charge in [0, 0.05) is 26.7 Å². The maximum Gasteiger partial charge on any atom is 0.240 e. The highest BCUT2D eigenvalue weighted by Gasteiger charge is 2.14. The van der Waals surface area contributed by atoms with Gasteiger partial charge in [-0.1, -0.05) is 38.1 Å². The van der Waals surface area contributed by atoms with E-state index in [4.69, 9.17) is 0 Å². The van der Waals surface area contributed by atoms with Gasteiger partial charge in [0.15, 0.2) is 5.96 Å². The Labute approximate surface area is 189 Å². The van der Waals surface area contributed by atoms with Gasteiger partial charge < -0.3 is 10.6 Å². The van der Waals surface area contributed by atoms with Crippen LogP contribution < -0.4 is 15.4 Å². The predicted octanol–water partition coefficient (Wildman–Crippen LogP) is 3.24. The second-order valence-electron chi connectivity index (χ2n) is 6.80. The highest BCUT2D eigenvalue weighted by atomic mass is 127. The molecule has 160 valence electrons. The van der Waals surface area contributed by atoms with E-state index < -0.39 is 15.8 Å². The average Bonchev–Trinajstić information content (AvgIpc) is 2.67. The van der Waals surface area contributed by atoms with E-state index in [2.05, 4.69) is 34.2 Å². The van der Waals surface area contributed by atoms with Crippen LogP contribution in [0.4, 0.5) is 4.39 Å². The van der Waals surface area contributed by atoms with Crippen molar-refractivity contribution >= 4 is 40.0 Å². The summed E-state index contributed by atoms with van der Waals surface area (Å²) in [6.45, 7) is 5.45. The fourth-order valence-corrected chi connectivity index (χ4v) is 3.53. The summed E-state index contributed by atoms with van der Waals surface area (Å²) in [6, 6.07) is 12.5. The predicted molar refractivity (Wildman–Crippen MR) is 125 cm³/mol. The summed E-state index contributed by atoms with van der Waals surface area (Å²) in [5.74, 6) is 0.742. The number of hydrogen-bond acceptors (Lipinski definition) is 3. The molecule has 0 aliphatic carbocycles. The van der Waals surface area contributed by atoms with Crippen LogP contribution in [0.5, 0.6) is 0 Å². The van der Waals surface area contributed by atoms with Gasteiger partial charge in [-0.05, 0) is 41.3 Å². The van der Waals surface area contributed by atoms with Crippen LogP contribution in [0.1, 0.15) is 25.0 Å². The first-order valence-electron chi connectivity index (χ1n) is 9.07. The number of hydrogen-bond donors (Lipinski definition) is 3. The van der Waals surface area contributed by atoms with Gasteiger partial charge >= 0.3 is 0 Å². The first kappa shape index (κ1) is 25.3. The summed E-state index contributed by atoms with van der Waals surface area (Å²) in [7, 11) is -2.02. The minimum Gasteiger partial charge on any atom is -0.356 e. The monoisotopic (exact) mass is 534 g/mol. The van der Waals surface area contributed by atoms with E-state index in [9.17, 15) is 12.8 Å². The second-order valence-corrected chi connectivity index (χ2v) is 8.57. The molecule has 3 N–H and O–H groups in total. The maximum atomic E-state index is 13.2. The number of nitrogens with one attached hydrogen (secondary N) is 3. The van der Waals surface area contributed by atoms with Crippen molar-refractivity contribution in [1.29, 1.82) is 0 Å². The van der Waals surface area contributed by atoms with Gasteiger partial charge in [-0.3, -0.25) is 4.99 Å². The summed E-state index contributed by atoms with van der Waals surface area (Å²) < 4.78 is 40.9. The van der Waals surface area contributed by atoms with E-state index >= 15 is 0 Å². The van der Waals surface area contributed by atoms with Gasteiger partial charge in [-0.15, -0.1) is 24.0 Å². The van der Waals surface area contributed by atoms with Crippen LogP contribution in [0.25, 0.3) is 0 Å². The minimum atomic E-state index is -3.71. The first-order chi connectivity index (χ1) is 13.3. The third kappa shape index (κ3) is 8.67. The zero-order chi connectivity index (χ0) is 20.6. The number of nitrogens with zero attached hydrogens (tertiary/aromatic N) is 1. The van der Waals surface area contributed by atoms with Crippen molar-refractivity contribution in [3.8, 4) is 0 Å². The molecule has 0 fully saturated rings. The Morgan fingerprint density at radius 3 is 2.31 bits per heavy atom. The normalized spacial score (nSPS) is 11.8. The van der Waals surface area contributed by atoms with Crippen molar-refractivity contribution in [2.24, 2.45) is 10.9 Å². The molecular formula is C20H28FIN4O2S. The second kappa shape index (κ2) is 12.1. The molecule has 0 saturated heterocycles. The molecule has 0 atom stereocenters. The molecule has 2 aromatic rings. The zero-order valence-corrected chi connectivity index (χ0v) is 19.9. The third-order valence-corrected chi connectivity index (χ3v) is 5.32. The Morgan fingerprint density at radius 2 is 1.69 bits per heavy atom. The van der Waals surface area contributed by atoms with Crippen LogP contribution in [0.15, 0.2) is 58.4 Å². The number of sulfonamides is 1. The third-order valence-electron chi connectivity index (χ3n) is 3.93. The van der Waals surface area contributed by atoms with E-state index in [1.54, 1.807) is 31.3 Å². The van der Waals surface area contributed by atoms with Crippen molar-refractivity contribution in [2.45, 2.75) is 31.8 Å². The summed E-state index contributed by atoms with van der Waals surface area (Å²) in [6.07, 6.45) is 0. The highest BCUT2D eigenvalue weighted by Crippen LogP contribution is 2.13. The number of rotatable bonds is 8. The van der Waals surface area contributed by atoms with Gasteiger partial charge in [-0.2, -0.15) is 0 Å². The molecule has 0 spiro atoms. The molecule has 9 heteroatoms. The molecule has 0 aliphatic rings. The van der Waals surface area contributed by atoms with Crippen molar-refractivity contribution < 1.29 is 12.8 Å². The molecule has 0 radical (unpaired) electrons. The first-order valence-corrected chi connectivity index (χ1v) is 10.6. The Balaban J connectivity index is 0.00000420. The lowest BCUT2D eigenvalue weighted by Gasteiger charge is -2.14. The van der Waals surface area contributed by atoms with Gasteiger partial charge in [0.05, 0.1) is 4.90 Å². The van der Waals surface area contributed by atoms with Crippen molar-refractivity contribution in [2.75, 3.05) is 13.6 Å². The van der Waals surface area contributed by atoms with Crippen molar-refractivity contribution in [1.82, 2.24) is 15.4 Å². The zero-order valence-electron chi connectivity index (χ0n) is 16.8. The molecule has 0 heterocycles. The smallest absolute Gasteiger partial charge is 0.240 e. The van der Waals surface area contributed by atoms with Crippen LogP contribution >= 0.6 is 24.0 Å². The van der Waals surface area contributed by atoms with Gasteiger partial charge in [-0.25, -0.2) is 17.5 Å². The molecule has 29 heavy (non-hydrogen) atoms. The largest absolute Gasteiger partial charge is 0.356 e. The van der Waals surface area contributed by atoms with Crippen LogP contribution in [0.2, 0.25) is 0 Å². The minimum absolute atomic E-state index is 0. The summed E-state index contributed by atoms with van der Waals surface area (Å²) in [4.78, 5) is 4.31. The lowest BCUT2D eigenvalue weighted by molar-refractivity contribution is 0.580. The number of guanidine groups is 1. The van der Waals surface area contributed by atoms with E-state index in [1.807, 2.05) is 6.07 Å². The van der Waals surface area contributed by atoms with Crippen LogP contribution in [-0.2, 0) is 23.1 Å². The molecule has 6 nitrogen and oxygen atoms in total. The Kier molecular flexibility index (Phi) is 10.5. The fourth-order valence-electron chi connectivity index (χ4n) is 2.44. The summed E-state index contributed by atoms with van der Waals surface area (Å²) in [5, 5.41) is 6.37. The Hall–Kier alpha value is -1.72. The molecule has 0 amide bonds. The quantitative estimate of drug-likeness (QED) is 0.276. The van der Waals surface area contributed by atoms with Gasteiger partial charge in [0.2, 0.25) is 10.0 Å². The van der Waals surface area contributed by atoms with Crippen LogP contribution in [0.3, 0.4) is 0 Å². The lowest BCUT2D eigenvalue weighted by atomic mass is 10.2. The summed E-state index contributed by atoms with van der Waals surface area (Å²) in [5.41, 5.74) is 1.36. The number of aliphatic imine (C=N–C) groups is 1. The highest BCUT2D eigenvalue weighted by molar-refractivity contribution is 14.0. The Morgan fingerprint density at radius 1 is 1.03 bits per heavy atom. The topological polar surface area (TPSA) is 82.6 Å². The van der Waals surface area contributed by atoms with E-state index in [-0.39, 0.29) is 35.4 Å². The molecule has 0 aromatic heterocycles. The lowest BCUT2D eigenvalue weighted by Crippen LogP contribution is -2.38. The number of halogens is 2. The molecular weight excluding hydrogens is 506 g/mol. The van der Waals surface area contributed by atoms with Crippen LogP contribution in [0, 0.1) is 11.7 Å². The van der Waals surface area contributed by atoms with E-state index in [1.165, 1.54) is 18.2 Å². The molecule has 0 unspecified atom stereocenters. The molecule has 0 aliphatic heterocycles. The number of benzene rings is 2. The van der Waals surface area contributed by atoms with Gasteiger partial charge in [0.1, 0.15) is 5.82 Å². The van der Waals surface area contributed by atoms with Crippen molar-refractivity contribution in [3.05, 3.63) is 65.5 Å². The average molecular weight is 534 g/mol. The molecule has 2 aromatic carbocycles. The van der Waals surface area contributed by atoms with Crippen molar-refractivity contribution in [3.63, 3.8) is 0 Å². The summed E-state index contributed by atoms with van der Waals surface area (Å²) >= 11 is 0. The van der Waals surface area contributed by atoms with Crippen LogP contribution in [-0.4, -0.2) is 28.0 Å². The Bertz CT molecular complexity index is 920. The van der Waals surface area contributed by atoms with Gasteiger partial charge in [0.25, 0.3) is 0 Å². The molecule has 0 bridgehead atoms. The fraction of sp³-hybridized carbons (Fsp3) is 0.350.